The third-order valence-electron chi connectivity index (χ3n) is 3.15. The van der Waals surface area contributed by atoms with E-state index in [0.717, 1.165) is 37.4 Å². The number of methoxy groups -OCH3 is 1. The van der Waals surface area contributed by atoms with E-state index in [1.165, 1.54) is 5.56 Å². The Kier molecular flexibility index (Phi) is 5.38. The van der Waals surface area contributed by atoms with E-state index in [4.69, 9.17) is 10.5 Å². The van der Waals surface area contributed by atoms with Crippen LogP contribution < -0.4 is 15.8 Å². The van der Waals surface area contributed by atoms with Crippen molar-refractivity contribution in [3.63, 3.8) is 0 Å². The molecule has 0 aliphatic rings. The minimum Gasteiger partial charge on any atom is -0.495 e. The van der Waals surface area contributed by atoms with Crippen LogP contribution in [0.1, 0.15) is 17.7 Å². The lowest BCUT2D eigenvalue weighted by Crippen LogP contribution is -2.16. The van der Waals surface area contributed by atoms with Crippen molar-refractivity contribution in [2.24, 2.45) is 0 Å². The third kappa shape index (κ3) is 4.24. The van der Waals surface area contributed by atoms with E-state index >= 15 is 0 Å². The van der Waals surface area contributed by atoms with Gasteiger partial charge in [0.1, 0.15) is 5.75 Å². The van der Waals surface area contributed by atoms with Gasteiger partial charge in [-0.05, 0) is 49.2 Å². The number of nitrogens with one attached hydrogen (secondary N) is 1. The lowest BCUT2D eigenvalue weighted by atomic mass is 10.1. The number of pyridine rings is 1. The first-order valence-electron chi connectivity index (χ1n) is 6.82. The van der Waals surface area contributed by atoms with Crippen molar-refractivity contribution in [1.82, 2.24) is 10.3 Å². The molecule has 4 heteroatoms. The first-order chi connectivity index (χ1) is 9.79. The van der Waals surface area contributed by atoms with E-state index in [9.17, 15) is 0 Å². The van der Waals surface area contributed by atoms with Gasteiger partial charge in [0.15, 0.2) is 0 Å². The van der Waals surface area contributed by atoms with Gasteiger partial charge in [-0.1, -0.05) is 12.1 Å². The van der Waals surface area contributed by atoms with Crippen LogP contribution in [0, 0.1) is 0 Å². The number of anilines is 1. The molecular weight excluding hydrogens is 250 g/mol. The molecule has 20 heavy (non-hydrogen) atoms. The van der Waals surface area contributed by atoms with Crippen LogP contribution in [0.4, 0.5) is 5.69 Å². The summed E-state index contributed by atoms with van der Waals surface area (Å²) < 4.78 is 5.15. The highest BCUT2D eigenvalue weighted by molar-refractivity contribution is 5.54. The van der Waals surface area contributed by atoms with Crippen molar-refractivity contribution in [2.75, 3.05) is 19.4 Å². The van der Waals surface area contributed by atoms with Crippen LogP contribution in [0.15, 0.2) is 42.6 Å². The molecule has 0 saturated heterocycles. The number of nitrogens with two attached hydrogens (primary N) is 1. The van der Waals surface area contributed by atoms with Crippen molar-refractivity contribution in [3.05, 3.63) is 53.9 Å². The first-order valence-corrected chi connectivity index (χ1v) is 6.82. The zero-order valence-corrected chi connectivity index (χ0v) is 11.8. The number of benzene rings is 1. The van der Waals surface area contributed by atoms with E-state index in [1.54, 1.807) is 7.11 Å². The highest BCUT2D eigenvalue weighted by Gasteiger charge is 2.00. The molecule has 2 aromatic rings. The van der Waals surface area contributed by atoms with Crippen molar-refractivity contribution in [1.29, 1.82) is 0 Å². The molecule has 2 rings (SSSR count). The Labute approximate surface area is 120 Å². The van der Waals surface area contributed by atoms with E-state index in [1.807, 2.05) is 36.5 Å². The number of hydrogen-bond acceptors (Lipinski definition) is 4. The van der Waals surface area contributed by atoms with Gasteiger partial charge in [0.2, 0.25) is 0 Å². The second kappa shape index (κ2) is 7.50. The van der Waals surface area contributed by atoms with E-state index in [2.05, 4.69) is 16.4 Å². The Balaban J connectivity index is 1.69. The highest BCUT2D eigenvalue weighted by atomic mass is 16.5. The Hall–Kier alpha value is -2.07. The van der Waals surface area contributed by atoms with Crippen LogP contribution in [0.2, 0.25) is 0 Å². The molecule has 0 fully saturated rings. The van der Waals surface area contributed by atoms with Crippen LogP contribution >= 0.6 is 0 Å². The van der Waals surface area contributed by atoms with Crippen molar-refractivity contribution in [2.45, 2.75) is 19.4 Å². The lowest BCUT2D eigenvalue weighted by molar-refractivity contribution is 0.417. The van der Waals surface area contributed by atoms with Crippen LogP contribution in [0.25, 0.3) is 0 Å². The molecule has 1 aromatic heterocycles. The van der Waals surface area contributed by atoms with Crippen LogP contribution in [0.3, 0.4) is 0 Å². The summed E-state index contributed by atoms with van der Waals surface area (Å²) in [5.41, 5.74) is 8.90. The Bertz CT molecular complexity index is 529. The molecule has 0 saturated carbocycles. The highest BCUT2D eigenvalue weighted by Crippen LogP contribution is 2.22. The second-order valence-corrected chi connectivity index (χ2v) is 4.68. The number of nitrogens with zero attached hydrogens (tertiary/aromatic N) is 1. The average molecular weight is 271 g/mol. The van der Waals surface area contributed by atoms with E-state index < -0.39 is 0 Å². The topological polar surface area (TPSA) is 60.2 Å². The zero-order chi connectivity index (χ0) is 14.2. The van der Waals surface area contributed by atoms with Crippen molar-refractivity contribution < 1.29 is 4.74 Å². The quantitative estimate of drug-likeness (QED) is 0.599. The molecule has 0 amide bonds. The van der Waals surface area contributed by atoms with Gasteiger partial charge >= 0.3 is 0 Å². The molecular formula is C16H21N3O. The molecule has 0 bridgehead atoms. The van der Waals surface area contributed by atoms with Crippen LogP contribution in [-0.4, -0.2) is 18.6 Å². The second-order valence-electron chi connectivity index (χ2n) is 4.68. The largest absolute Gasteiger partial charge is 0.495 e. The van der Waals surface area contributed by atoms with Gasteiger partial charge in [-0.25, -0.2) is 0 Å². The molecule has 0 radical (unpaired) electrons. The number of aryl methyl sites for hydroxylation is 1. The molecule has 1 heterocycles. The van der Waals surface area contributed by atoms with Gasteiger partial charge in [-0.2, -0.15) is 0 Å². The lowest BCUT2D eigenvalue weighted by Gasteiger charge is -2.08. The molecule has 0 aliphatic heterocycles. The molecule has 0 atom stereocenters. The van der Waals surface area contributed by atoms with E-state index in [0.29, 0.717) is 5.69 Å². The molecule has 0 spiro atoms. The molecule has 3 N–H and O–H groups in total. The number of rotatable bonds is 7. The first kappa shape index (κ1) is 14.3. The number of nitrogen functional groups attached to an aromatic ring is 1. The maximum atomic E-state index is 5.89. The molecule has 1 aromatic carbocycles. The minimum absolute atomic E-state index is 0.700. The Morgan fingerprint density at radius 3 is 2.85 bits per heavy atom. The van der Waals surface area contributed by atoms with E-state index in [-0.39, 0.29) is 0 Å². The summed E-state index contributed by atoms with van der Waals surface area (Å²) >= 11 is 0. The molecule has 4 nitrogen and oxygen atoms in total. The smallest absolute Gasteiger partial charge is 0.141 e. The number of aromatic nitrogens is 1. The predicted octanol–water partition coefficient (Wildman–Crippen LogP) is 2.39. The fraction of sp³-hybridized carbons (Fsp3) is 0.312. The normalized spacial score (nSPS) is 10.4. The van der Waals surface area contributed by atoms with Crippen LogP contribution in [0.5, 0.6) is 5.75 Å². The molecule has 0 aliphatic carbocycles. The standard InChI is InChI=1S/C16H21N3O/c1-20-16-8-7-13(11-15(16)17)5-4-9-18-12-14-6-2-3-10-19-14/h2-3,6-8,10-11,18H,4-5,9,12,17H2,1H3. The maximum Gasteiger partial charge on any atom is 0.141 e. The average Bonchev–Trinajstić information content (AvgIpc) is 2.48. The fourth-order valence-corrected chi connectivity index (χ4v) is 2.08. The van der Waals surface area contributed by atoms with Gasteiger partial charge in [0.25, 0.3) is 0 Å². The van der Waals surface area contributed by atoms with Crippen LogP contribution in [-0.2, 0) is 13.0 Å². The fourth-order valence-electron chi connectivity index (χ4n) is 2.08. The monoisotopic (exact) mass is 271 g/mol. The van der Waals surface area contributed by atoms with Crippen molar-refractivity contribution in [3.8, 4) is 5.75 Å². The number of hydrogen-bond donors (Lipinski definition) is 2. The van der Waals surface area contributed by atoms with Gasteiger partial charge in [0, 0.05) is 12.7 Å². The Morgan fingerprint density at radius 2 is 2.15 bits per heavy atom. The maximum absolute atomic E-state index is 5.89. The summed E-state index contributed by atoms with van der Waals surface area (Å²) in [5.74, 6) is 0.738. The summed E-state index contributed by atoms with van der Waals surface area (Å²) in [4.78, 5) is 4.27. The van der Waals surface area contributed by atoms with Crippen molar-refractivity contribution >= 4 is 5.69 Å². The van der Waals surface area contributed by atoms with Gasteiger partial charge < -0.3 is 15.8 Å². The summed E-state index contributed by atoms with van der Waals surface area (Å²) in [5, 5.41) is 3.39. The zero-order valence-electron chi connectivity index (χ0n) is 11.8. The molecule has 106 valence electrons. The number of ether oxygens (including phenoxy) is 1. The van der Waals surface area contributed by atoms with Gasteiger partial charge in [0.05, 0.1) is 18.5 Å². The predicted molar refractivity (Wildman–Crippen MR) is 81.7 cm³/mol. The SMILES string of the molecule is COc1ccc(CCCNCc2ccccn2)cc1N. The minimum atomic E-state index is 0.700. The third-order valence-corrected chi connectivity index (χ3v) is 3.15. The van der Waals surface area contributed by atoms with Gasteiger partial charge in [-0.3, -0.25) is 4.98 Å². The Morgan fingerprint density at radius 1 is 1.25 bits per heavy atom. The summed E-state index contributed by atoms with van der Waals surface area (Å²) in [7, 11) is 1.63. The summed E-state index contributed by atoms with van der Waals surface area (Å²) in [6.07, 6.45) is 3.89. The molecule has 0 unspecified atom stereocenters. The summed E-state index contributed by atoms with van der Waals surface area (Å²) in [6.45, 7) is 1.77. The van der Waals surface area contributed by atoms with Gasteiger partial charge in [-0.15, -0.1) is 0 Å². The summed E-state index contributed by atoms with van der Waals surface area (Å²) in [6, 6.07) is 11.9.